The first kappa shape index (κ1) is 26.4. The Morgan fingerprint density at radius 1 is 0.704 bits per heavy atom. The normalized spacial score (nSPS) is 11.5. The summed E-state index contributed by atoms with van der Waals surface area (Å²) in [6, 6.07) is 0. The smallest absolute Gasteiger partial charge is 0.320 e. The molecule has 3 nitrogen and oxygen atoms in total. The topological polar surface area (TPSA) is 29.5 Å². The van der Waals surface area contributed by atoms with E-state index in [2.05, 4.69) is 32.6 Å². The lowest BCUT2D eigenvalue weighted by Gasteiger charge is -2.21. The van der Waals surface area contributed by atoms with Crippen molar-refractivity contribution in [2.45, 2.75) is 118 Å². The average molecular weight is 384 g/mol. The minimum absolute atomic E-state index is 0.0467. The van der Waals surface area contributed by atoms with Crippen LogP contribution >= 0.6 is 0 Å². The van der Waals surface area contributed by atoms with Crippen LogP contribution in [0, 0.1) is 5.92 Å². The number of nitrogens with zero attached hydrogens (tertiary/aromatic N) is 1. The van der Waals surface area contributed by atoms with E-state index in [0.717, 1.165) is 13.1 Å². The van der Waals surface area contributed by atoms with Gasteiger partial charge in [0.1, 0.15) is 0 Å². The van der Waals surface area contributed by atoms with E-state index < -0.39 is 0 Å². The third-order valence-corrected chi connectivity index (χ3v) is 5.09. The highest BCUT2D eigenvalue weighted by Crippen LogP contribution is 2.10. The summed E-state index contributed by atoms with van der Waals surface area (Å²) in [5.74, 6) is 0.364. The van der Waals surface area contributed by atoms with Crippen LogP contribution in [0.5, 0.6) is 0 Å². The van der Waals surface area contributed by atoms with Gasteiger partial charge in [0.2, 0.25) is 0 Å². The van der Waals surface area contributed by atoms with E-state index in [1.54, 1.807) is 0 Å². The first-order valence-corrected chi connectivity index (χ1v) is 12.0. The highest BCUT2D eigenvalue weighted by Gasteiger charge is 2.12. The highest BCUT2D eigenvalue weighted by molar-refractivity contribution is 5.71. The average Bonchev–Trinajstić information content (AvgIpc) is 2.64. The second-order valence-electron chi connectivity index (χ2n) is 8.60. The molecule has 0 aliphatic rings. The number of rotatable bonds is 20. The number of hydrogen-bond acceptors (Lipinski definition) is 3. The first-order valence-electron chi connectivity index (χ1n) is 12.0. The lowest BCUT2D eigenvalue weighted by molar-refractivity contribution is -0.146. The predicted octanol–water partition coefficient (Wildman–Crippen LogP) is 6.99. The van der Waals surface area contributed by atoms with Crippen LogP contribution in [0.1, 0.15) is 118 Å². The van der Waals surface area contributed by atoms with Crippen molar-refractivity contribution in [1.82, 2.24) is 4.90 Å². The molecule has 27 heavy (non-hydrogen) atoms. The fourth-order valence-electron chi connectivity index (χ4n) is 3.34. The van der Waals surface area contributed by atoms with Gasteiger partial charge >= 0.3 is 5.97 Å². The van der Waals surface area contributed by atoms with Gasteiger partial charge < -0.3 is 4.74 Å². The molecule has 0 radical (unpaired) electrons. The van der Waals surface area contributed by atoms with E-state index in [1.165, 1.54) is 89.9 Å². The van der Waals surface area contributed by atoms with Crippen LogP contribution in [-0.4, -0.2) is 37.1 Å². The van der Waals surface area contributed by atoms with Gasteiger partial charge in [-0.1, -0.05) is 105 Å². The van der Waals surface area contributed by atoms with Crippen molar-refractivity contribution in [1.29, 1.82) is 0 Å². The van der Waals surface area contributed by atoms with Gasteiger partial charge in [0.05, 0.1) is 13.2 Å². The van der Waals surface area contributed by atoms with Gasteiger partial charge in [-0.15, -0.1) is 0 Å². The summed E-state index contributed by atoms with van der Waals surface area (Å²) in [6.07, 6.45) is 18.5. The summed E-state index contributed by atoms with van der Waals surface area (Å²) < 4.78 is 5.40. The quantitative estimate of drug-likeness (QED) is 0.168. The molecule has 162 valence electrons. The van der Waals surface area contributed by atoms with E-state index >= 15 is 0 Å². The van der Waals surface area contributed by atoms with Crippen molar-refractivity contribution >= 4 is 5.97 Å². The zero-order valence-corrected chi connectivity index (χ0v) is 19.1. The number of carbonyl (C=O) groups excluding carboxylic acids is 1. The van der Waals surface area contributed by atoms with Gasteiger partial charge in [0.25, 0.3) is 0 Å². The summed E-state index contributed by atoms with van der Waals surface area (Å²) in [5.41, 5.74) is 0. The van der Waals surface area contributed by atoms with Crippen LogP contribution < -0.4 is 0 Å². The Morgan fingerprint density at radius 3 is 1.52 bits per heavy atom. The van der Waals surface area contributed by atoms with E-state index in [-0.39, 0.29) is 5.97 Å². The molecule has 0 fully saturated rings. The van der Waals surface area contributed by atoms with E-state index in [0.29, 0.717) is 19.1 Å². The van der Waals surface area contributed by atoms with Crippen molar-refractivity contribution < 1.29 is 9.53 Å². The Hall–Kier alpha value is -0.570. The molecule has 0 spiro atoms. The summed E-state index contributed by atoms with van der Waals surface area (Å²) >= 11 is 0. The maximum atomic E-state index is 12.1. The van der Waals surface area contributed by atoms with E-state index in [4.69, 9.17) is 4.74 Å². The third-order valence-electron chi connectivity index (χ3n) is 5.09. The molecule has 0 unspecified atom stereocenters. The zero-order chi connectivity index (χ0) is 20.2. The van der Waals surface area contributed by atoms with Crippen LogP contribution in [0.3, 0.4) is 0 Å². The van der Waals surface area contributed by atoms with Crippen LogP contribution in [0.15, 0.2) is 0 Å². The van der Waals surface area contributed by atoms with Gasteiger partial charge in [0, 0.05) is 0 Å². The molecule has 0 aliphatic heterocycles. The molecule has 0 aromatic heterocycles. The molecule has 0 N–H and O–H groups in total. The van der Waals surface area contributed by atoms with Crippen molar-refractivity contribution in [3.8, 4) is 0 Å². The minimum atomic E-state index is -0.0467. The van der Waals surface area contributed by atoms with E-state index in [9.17, 15) is 4.79 Å². The fraction of sp³-hybridized carbons (Fsp3) is 0.958. The Balaban J connectivity index is 4.00. The molecule has 0 heterocycles. The Kier molecular flexibility index (Phi) is 19.7. The molecule has 0 saturated heterocycles. The van der Waals surface area contributed by atoms with E-state index in [1.807, 2.05) is 0 Å². The molecular formula is C24H49NO2. The largest absolute Gasteiger partial charge is 0.464 e. The standard InChI is InChI=1S/C24H49NO2/c1-5-7-9-11-13-15-17-19-25(21-24(26)27-22-23(3)4)20-18-16-14-12-10-8-6-2/h23H,5-22H2,1-4H3. The number of carbonyl (C=O) groups is 1. The second-order valence-corrected chi connectivity index (χ2v) is 8.60. The summed E-state index contributed by atoms with van der Waals surface area (Å²) in [7, 11) is 0. The molecule has 0 bridgehead atoms. The number of unbranched alkanes of at least 4 members (excludes halogenated alkanes) is 12. The van der Waals surface area contributed by atoms with Gasteiger partial charge in [-0.2, -0.15) is 0 Å². The summed E-state index contributed by atoms with van der Waals surface area (Å²) in [6.45, 7) is 11.8. The highest BCUT2D eigenvalue weighted by atomic mass is 16.5. The molecule has 0 aromatic carbocycles. The van der Waals surface area contributed by atoms with Gasteiger partial charge in [-0.25, -0.2) is 0 Å². The molecular weight excluding hydrogens is 334 g/mol. The molecule has 0 rings (SSSR count). The monoisotopic (exact) mass is 383 g/mol. The first-order chi connectivity index (χ1) is 13.1. The lowest BCUT2D eigenvalue weighted by Crippen LogP contribution is -2.33. The molecule has 0 amide bonds. The Bertz CT molecular complexity index is 300. The molecule has 0 atom stereocenters. The van der Waals surface area contributed by atoms with Crippen LogP contribution in [0.4, 0.5) is 0 Å². The number of hydrogen-bond donors (Lipinski definition) is 0. The predicted molar refractivity (Wildman–Crippen MR) is 118 cm³/mol. The summed E-state index contributed by atoms with van der Waals surface area (Å²) in [4.78, 5) is 14.4. The Labute approximate surface area is 170 Å². The van der Waals surface area contributed by atoms with Crippen molar-refractivity contribution in [3.63, 3.8) is 0 Å². The van der Waals surface area contributed by atoms with Crippen LogP contribution in [-0.2, 0) is 9.53 Å². The number of ether oxygens (including phenoxy) is 1. The maximum Gasteiger partial charge on any atom is 0.320 e. The molecule has 0 saturated carbocycles. The van der Waals surface area contributed by atoms with Crippen LogP contribution in [0.2, 0.25) is 0 Å². The molecule has 0 aromatic rings. The van der Waals surface area contributed by atoms with Gasteiger partial charge in [-0.3, -0.25) is 9.69 Å². The van der Waals surface area contributed by atoms with Crippen LogP contribution in [0.25, 0.3) is 0 Å². The van der Waals surface area contributed by atoms with Crippen molar-refractivity contribution in [2.24, 2.45) is 5.92 Å². The zero-order valence-electron chi connectivity index (χ0n) is 19.1. The lowest BCUT2D eigenvalue weighted by atomic mass is 10.1. The van der Waals surface area contributed by atoms with Crippen molar-refractivity contribution in [3.05, 3.63) is 0 Å². The minimum Gasteiger partial charge on any atom is -0.464 e. The fourth-order valence-corrected chi connectivity index (χ4v) is 3.34. The van der Waals surface area contributed by atoms with Gasteiger partial charge in [-0.05, 0) is 31.8 Å². The maximum absolute atomic E-state index is 12.1. The summed E-state index contributed by atoms with van der Waals surface area (Å²) in [5, 5.41) is 0. The molecule has 0 aliphatic carbocycles. The third kappa shape index (κ3) is 20.0. The molecule has 3 heteroatoms. The Morgan fingerprint density at radius 2 is 1.11 bits per heavy atom. The number of esters is 1. The van der Waals surface area contributed by atoms with Crippen molar-refractivity contribution in [2.75, 3.05) is 26.2 Å². The van der Waals surface area contributed by atoms with Gasteiger partial charge in [0.15, 0.2) is 0 Å². The second kappa shape index (κ2) is 20.2. The SMILES string of the molecule is CCCCCCCCCN(CCCCCCCCC)CC(=O)OCC(C)C.